The van der Waals surface area contributed by atoms with Gasteiger partial charge in [-0.2, -0.15) is 23.4 Å². The molecule has 0 aliphatic heterocycles. The smallest absolute Gasteiger partial charge is 0.379 e. The number of anilines is 1. The van der Waals surface area contributed by atoms with Crippen molar-refractivity contribution in [2.75, 3.05) is 5.32 Å². The standard InChI is InChI=1S/C29H20Cl2F3N3/c30-23-10-3-19(4-11-23)28(20-5-12-24(31)13-6-20)21-7-14-26-25(15-21)27(17-36-37-26)35-16-18-1-8-22(9-2-18)29(32,33)34/h1-15,17,28H,16H2,(H,35,37). The molecule has 0 aliphatic carbocycles. The van der Waals surface area contributed by atoms with Crippen LogP contribution >= 0.6 is 23.2 Å². The number of hydrogen-bond acceptors (Lipinski definition) is 3. The van der Waals surface area contributed by atoms with Gasteiger partial charge in [-0.25, -0.2) is 0 Å². The van der Waals surface area contributed by atoms with Gasteiger partial charge in [0.25, 0.3) is 0 Å². The fraction of sp³-hybridized carbons (Fsp3) is 0.103. The minimum Gasteiger partial charge on any atom is -0.379 e. The average Bonchev–Trinajstić information content (AvgIpc) is 2.89. The van der Waals surface area contributed by atoms with Crippen molar-refractivity contribution in [2.24, 2.45) is 0 Å². The molecule has 1 heterocycles. The van der Waals surface area contributed by atoms with Gasteiger partial charge in [0.2, 0.25) is 0 Å². The second kappa shape index (κ2) is 10.4. The lowest BCUT2D eigenvalue weighted by atomic mass is 9.84. The third kappa shape index (κ3) is 5.71. The number of alkyl halides is 3. The average molecular weight is 538 g/mol. The van der Waals surface area contributed by atoms with E-state index in [1.807, 2.05) is 60.7 Å². The van der Waals surface area contributed by atoms with E-state index < -0.39 is 11.7 Å². The number of nitrogens with one attached hydrogen (secondary N) is 1. The van der Waals surface area contributed by atoms with E-state index in [-0.39, 0.29) is 5.92 Å². The summed E-state index contributed by atoms with van der Waals surface area (Å²) in [4.78, 5) is 0. The summed E-state index contributed by atoms with van der Waals surface area (Å²) in [6.07, 6.45) is -2.74. The summed E-state index contributed by atoms with van der Waals surface area (Å²) in [7, 11) is 0. The summed E-state index contributed by atoms with van der Waals surface area (Å²) >= 11 is 12.3. The molecule has 5 rings (SSSR count). The van der Waals surface area contributed by atoms with Crippen LogP contribution in [0.1, 0.15) is 33.7 Å². The van der Waals surface area contributed by atoms with Crippen molar-refractivity contribution in [2.45, 2.75) is 18.6 Å². The number of fused-ring (bicyclic) bond motifs is 1. The van der Waals surface area contributed by atoms with Crippen molar-refractivity contribution in [1.29, 1.82) is 0 Å². The first-order valence-electron chi connectivity index (χ1n) is 11.4. The molecule has 0 saturated heterocycles. The van der Waals surface area contributed by atoms with Crippen LogP contribution in [0.2, 0.25) is 10.0 Å². The van der Waals surface area contributed by atoms with Gasteiger partial charge in [0.1, 0.15) is 0 Å². The number of benzene rings is 4. The Labute approximate surface area is 221 Å². The second-order valence-electron chi connectivity index (χ2n) is 8.62. The summed E-state index contributed by atoms with van der Waals surface area (Å²) in [5.41, 5.74) is 4.63. The summed E-state index contributed by atoms with van der Waals surface area (Å²) in [6, 6.07) is 26.6. The Morgan fingerprint density at radius 2 is 1.30 bits per heavy atom. The predicted octanol–water partition coefficient (Wildman–Crippen LogP) is 8.75. The molecule has 4 aromatic carbocycles. The molecule has 0 spiro atoms. The predicted molar refractivity (Wildman–Crippen MR) is 142 cm³/mol. The monoisotopic (exact) mass is 537 g/mol. The van der Waals surface area contributed by atoms with Gasteiger partial charge in [-0.05, 0) is 70.8 Å². The Bertz CT molecular complexity index is 1470. The third-order valence-electron chi connectivity index (χ3n) is 6.17. The first-order chi connectivity index (χ1) is 17.8. The zero-order valence-electron chi connectivity index (χ0n) is 19.3. The maximum Gasteiger partial charge on any atom is 0.416 e. The molecular weight excluding hydrogens is 518 g/mol. The maximum absolute atomic E-state index is 12.9. The molecule has 8 heteroatoms. The van der Waals surface area contributed by atoms with Gasteiger partial charge in [-0.3, -0.25) is 0 Å². The molecule has 5 aromatic rings. The van der Waals surface area contributed by atoms with Gasteiger partial charge in [-0.1, -0.05) is 65.7 Å². The van der Waals surface area contributed by atoms with Crippen molar-refractivity contribution in [3.63, 3.8) is 0 Å². The third-order valence-corrected chi connectivity index (χ3v) is 6.67. The van der Waals surface area contributed by atoms with E-state index >= 15 is 0 Å². The van der Waals surface area contributed by atoms with Crippen LogP contribution in [0.3, 0.4) is 0 Å². The first kappa shape index (κ1) is 25.1. The first-order valence-corrected chi connectivity index (χ1v) is 12.2. The van der Waals surface area contributed by atoms with Crippen LogP contribution in [-0.2, 0) is 12.7 Å². The van der Waals surface area contributed by atoms with E-state index in [1.54, 1.807) is 6.20 Å². The Balaban J connectivity index is 1.50. The fourth-order valence-corrected chi connectivity index (χ4v) is 4.54. The molecule has 0 radical (unpaired) electrons. The van der Waals surface area contributed by atoms with Crippen LogP contribution in [0.4, 0.5) is 18.9 Å². The minimum absolute atomic E-state index is 0.0881. The molecule has 1 aromatic heterocycles. The highest BCUT2D eigenvalue weighted by molar-refractivity contribution is 6.30. The van der Waals surface area contributed by atoms with Gasteiger partial charge in [0.05, 0.1) is 23.0 Å². The highest BCUT2D eigenvalue weighted by Crippen LogP contribution is 2.36. The maximum atomic E-state index is 12.9. The summed E-state index contributed by atoms with van der Waals surface area (Å²) < 4.78 is 38.7. The lowest BCUT2D eigenvalue weighted by molar-refractivity contribution is -0.137. The Hall–Kier alpha value is -3.61. The van der Waals surface area contributed by atoms with Crippen LogP contribution < -0.4 is 5.32 Å². The zero-order chi connectivity index (χ0) is 26.0. The van der Waals surface area contributed by atoms with Gasteiger partial charge in [-0.15, -0.1) is 0 Å². The van der Waals surface area contributed by atoms with E-state index in [0.29, 0.717) is 27.7 Å². The van der Waals surface area contributed by atoms with Gasteiger partial charge >= 0.3 is 6.18 Å². The molecule has 0 atom stereocenters. The molecule has 0 fully saturated rings. The lowest BCUT2D eigenvalue weighted by Crippen LogP contribution is -2.06. The molecule has 0 aliphatic rings. The zero-order valence-corrected chi connectivity index (χ0v) is 20.8. The number of nitrogens with zero attached hydrogens (tertiary/aromatic N) is 2. The van der Waals surface area contributed by atoms with E-state index in [1.165, 1.54) is 12.1 Å². The topological polar surface area (TPSA) is 37.8 Å². The van der Waals surface area contributed by atoms with Gasteiger partial charge in [0.15, 0.2) is 0 Å². The second-order valence-corrected chi connectivity index (χ2v) is 9.49. The van der Waals surface area contributed by atoms with E-state index in [0.717, 1.165) is 39.9 Å². The van der Waals surface area contributed by atoms with E-state index in [9.17, 15) is 13.2 Å². The van der Waals surface area contributed by atoms with Crippen LogP contribution in [0.5, 0.6) is 0 Å². The minimum atomic E-state index is -4.36. The number of halogens is 5. The van der Waals surface area contributed by atoms with Crippen LogP contribution in [-0.4, -0.2) is 10.2 Å². The quantitative estimate of drug-likeness (QED) is 0.220. The molecular formula is C29H20Cl2F3N3. The molecule has 1 N–H and O–H groups in total. The van der Waals surface area contributed by atoms with Crippen LogP contribution in [0.15, 0.2) is 97.2 Å². The van der Waals surface area contributed by atoms with Crippen molar-refractivity contribution in [1.82, 2.24) is 10.2 Å². The molecule has 0 amide bonds. The molecule has 0 bridgehead atoms. The van der Waals surface area contributed by atoms with Crippen molar-refractivity contribution in [3.8, 4) is 0 Å². The Morgan fingerprint density at radius 3 is 1.86 bits per heavy atom. The largest absolute Gasteiger partial charge is 0.416 e. The fourth-order valence-electron chi connectivity index (χ4n) is 4.29. The highest BCUT2D eigenvalue weighted by atomic mass is 35.5. The summed E-state index contributed by atoms with van der Waals surface area (Å²) in [5, 5.41) is 13.8. The highest BCUT2D eigenvalue weighted by Gasteiger charge is 2.29. The van der Waals surface area contributed by atoms with Crippen molar-refractivity contribution in [3.05, 3.63) is 135 Å². The van der Waals surface area contributed by atoms with E-state index in [2.05, 4.69) is 21.6 Å². The Morgan fingerprint density at radius 1 is 0.730 bits per heavy atom. The SMILES string of the molecule is FC(F)(F)c1ccc(CNc2cnnc3ccc(C(c4ccc(Cl)cc4)c4ccc(Cl)cc4)cc23)cc1. The van der Waals surface area contributed by atoms with Gasteiger partial charge in [0, 0.05) is 27.9 Å². The number of aromatic nitrogens is 2. The summed E-state index contributed by atoms with van der Waals surface area (Å²) in [6.45, 7) is 0.334. The van der Waals surface area contributed by atoms with Crippen LogP contribution in [0.25, 0.3) is 10.9 Å². The lowest BCUT2D eigenvalue weighted by Gasteiger charge is -2.20. The van der Waals surface area contributed by atoms with Gasteiger partial charge < -0.3 is 5.32 Å². The summed E-state index contributed by atoms with van der Waals surface area (Å²) in [5.74, 6) is -0.0881. The van der Waals surface area contributed by atoms with E-state index in [4.69, 9.17) is 23.2 Å². The number of rotatable bonds is 6. The molecule has 0 unspecified atom stereocenters. The van der Waals surface area contributed by atoms with Crippen LogP contribution in [0, 0.1) is 0 Å². The van der Waals surface area contributed by atoms with Crippen molar-refractivity contribution < 1.29 is 13.2 Å². The Kier molecular flexibility index (Phi) is 7.04. The normalized spacial score (nSPS) is 11.7. The molecule has 37 heavy (non-hydrogen) atoms. The molecule has 3 nitrogen and oxygen atoms in total. The van der Waals surface area contributed by atoms with Crippen molar-refractivity contribution >= 4 is 39.8 Å². The molecule has 0 saturated carbocycles. The molecule has 186 valence electrons. The number of hydrogen-bond donors (Lipinski definition) is 1.